The normalized spacial score (nSPS) is 20.2. The van der Waals surface area contributed by atoms with E-state index in [1.165, 1.54) is 18.5 Å². The Morgan fingerprint density at radius 2 is 1.81 bits per heavy atom. The number of hydrogen-bond acceptors (Lipinski definition) is 8. The molecular formula is C33H29N3O6. The second-order valence-corrected chi connectivity index (χ2v) is 11.3. The van der Waals surface area contributed by atoms with E-state index in [9.17, 15) is 14.7 Å². The van der Waals surface area contributed by atoms with Gasteiger partial charge in [0.2, 0.25) is 6.79 Å². The molecule has 4 aliphatic heterocycles. The Kier molecular flexibility index (Phi) is 5.49. The summed E-state index contributed by atoms with van der Waals surface area (Å²) in [6.07, 6.45) is 6.70. The van der Waals surface area contributed by atoms with Gasteiger partial charge in [-0.25, -0.2) is 9.78 Å². The maximum absolute atomic E-state index is 13.8. The maximum Gasteiger partial charge on any atom is 0.343 e. The van der Waals surface area contributed by atoms with Crippen LogP contribution in [-0.4, -0.2) is 40.5 Å². The molecule has 4 aliphatic rings. The topological polar surface area (TPSA) is 103 Å². The van der Waals surface area contributed by atoms with Crippen molar-refractivity contribution in [3.63, 3.8) is 0 Å². The first-order chi connectivity index (χ1) is 20.4. The molecule has 0 aliphatic carbocycles. The van der Waals surface area contributed by atoms with Crippen molar-refractivity contribution in [2.75, 3.05) is 24.8 Å². The van der Waals surface area contributed by atoms with Gasteiger partial charge in [-0.15, -0.1) is 0 Å². The monoisotopic (exact) mass is 563 g/mol. The summed E-state index contributed by atoms with van der Waals surface area (Å²) in [5, 5.41) is 12.1. The van der Waals surface area contributed by atoms with Gasteiger partial charge in [-0.05, 0) is 54.7 Å². The second-order valence-electron chi connectivity index (χ2n) is 11.3. The van der Waals surface area contributed by atoms with Gasteiger partial charge in [0.25, 0.3) is 5.56 Å². The minimum atomic E-state index is -1.88. The van der Waals surface area contributed by atoms with Crippen LogP contribution in [0.4, 0.5) is 5.69 Å². The number of carbonyl (C=O) groups is 1. The lowest BCUT2D eigenvalue weighted by molar-refractivity contribution is -0.172. The molecule has 42 heavy (non-hydrogen) atoms. The van der Waals surface area contributed by atoms with Crippen LogP contribution in [0.2, 0.25) is 0 Å². The summed E-state index contributed by atoms with van der Waals surface area (Å²) < 4.78 is 18.2. The zero-order chi connectivity index (χ0) is 28.6. The Balaban J connectivity index is 1.31. The Morgan fingerprint density at radius 1 is 1.00 bits per heavy atom. The predicted octanol–water partition coefficient (Wildman–Crippen LogP) is 4.58. The number of aromatic nitrogens is 2. The predicted molar refractivity (Wildman–Crippen MR) is 157 cm³/mol. The summed E-state index contributed by atoms with van der Waals surface area (Å²) in [4.78, 5) is 33.8. The SMILES string of the molecule is CC[C@@]1(O)C(=O)OCc2c1cc1n(c2=O)Cc2c-1nc1cc3c(cc1c2/C=C/c1cccc(N2CCCC2)c1)OCO3. The molecule has 1 N–H and O–H groups in total. The summed E-state index contributed by atoms with van der Waals surface area (Å²) in [6.45, 7) is 4.14. The summed E-state index contributed by atoms with van der Waals surface area (Å²) in [7, 11) is 0. The highest BCUT2D eigenvalue weighted by Crippen LogP contribution is 2.43. The minimum Gasteiger partial charge on any atom is -0.458 e. The zero-order valence-electron chi connectivity index (χ0n) is 23.2. The lowest BCUT2D eigenvalue weighted by atomic mass is 9.86. The third kappa shape index (κ3) is 3.62. The number of aliphatic hydroxyl groups is 1. The van der Waals surface area contributed by atoms with Crippen LogP contribution in [0, 0.1) is 0 Å². The number of hydrogen-bond donors (Lipinski definition) is 1. The molecule has 0 bridgehead atoms. The van der Waals surface area contributed by atoms with E-state index < -0.39 is 11.6 Å². The van der Waals surface area contributed by atoms with Crippen LogP contribution in [0.5, 0.6) is 11.5 Å². The van der Waals surface area contributed by atoms with Gasteiger partial charge < -0.3 is 28.8 Å². The first kappa shape index (κ1) is 25.1. The van der Waals surface area contributed by atoms with Crippen LogP contribution < -0.4 is 19.9 Å². The average Bonchev–Trinajstić information content (AvgIpc) is 3.77. The fraction of sp³-hybridized carbons (Fsp3) is 0.303. The molecule has 8 rings (SSSR count). The molecule has 212 valence electrons. The van der Waals surface area contributed by atoms with E-state index in [1.807, 2.05) is 12.1 Å². The first-order valence-electron chi connectivity index (χ1n) is 14.4. The molecule has 1 fully saturated rings. The summed E-state index contributed by atoms with van der Waals surface area (Å²) in [5.74, 6) is 0.535. The van der Waals surface area contributed by atoms with Crippen molar-refractivity contribution in [1.82, 2.24) is 9.55 Å². The fourth-order valence-corrected chi connectivity index (χ4v) is 6.67. The number of fused-ring (bicyclic) bond motifs is 6. The molecule has 4 aromatic rings. The van der Waals surface area contributed by atoms with Crippen molar-refractivity contribution >= 4 is 34.7 Å². The van der Waals surface area contributed by atoms with Crippen LogP contribution in [0.25, 0.3) is 34.4 Å². The van der Waals surface area contributed by atoms with E-state index in [-0.39, 0.29) is 25.4 Å². The van der Waals surface area contributed by atoms with Crippen molar-refractivity contribution in [1.29, 1.82) is 0 Å². The second kappa shape index (κ2) is 9.19. The van der Waals surface area contributed by atoms with Crippen molar-refractivity contribution in [3.05, 3.63) is 80.6 Å². The molecule has 0 radical (unpaired) electrons. The maximum atomic E-state index is 13.8. The zero-order valence-corrected chi connectivity index (χ0v) is 23.2. The van der Waals surface area contributed by atoms with Crippen molar-refractivity contribution < 1.29 is 24.1 Å². The molecule has 2 aromatic carbocycles. The van der Waals surface area contributed by atoms with E-state index in [1.54, 1.807) is 17.6 Å². The molecule has 2 aromatic heterocycles. The van der Waals surface area contributed by atoms with Crippen molar-refractivity contribution in [2.45, 2.75) is 44.9 Å². The van der Waals surface area contributed by atoms with E-state index in [4.69, 9.17) is 19.2 Å². The average molecular weight is 564 g/mol. The number of cyclic esters (lactones) is 1. The summed E-state index contributed by atoms with van der Waals surface area (Å²) in [6, 6.07) is 14.1. The molecule has 0 spiro atoms. The first-order valence-corrected chi connectivity index (χ1v) is 14.4. The standard InChI is InChI=1S/C33H29N3O6/c1-2-33(39)25-14-27-30-23(16-36(27)31(37)24(25)17-40-32(33)38)21(22-13-28-29(42-18-41-28)15-26(22)34-30)9-8-19-6-5-7-20(12-19)35-10-3-4-11-35/h5-9,12-15,39H,2-4,10-11,16-18H2,1H3/b9-8+/t33-/m0/s1. The van der Waals surface area contributed by atoms with E-state index >= 15 is 0 Å². The number of rotatable bonds is 4. The lowest BCUT2D eigenvalue weighted by Crippen LogP contribution is -2.44. The summed E-state index contributed by atoms with van der Waals surface area (Å²) in [5.41, 5.74) is 4.46. The van der Waals surface area contributed by atoms with Gasteiger partial charge in [0.05, 0.1) is 29.0 Å². The Bertz CT molecular complexity index is 1900. The molecule has 0 unspecified atom stereocenters. The number of nitrogens with zero attached hydrogens (tertiary/aromatic N) is 3. The third-order valence-corrected chi connectivity index (χ3v) is 9.01. The van der Waals surface area contributed by atoms with Crippen molar-refractivity contribution in [2.24, 2.45) is 0 Å². The molecule has 6 heterocycles. The lowest BCUT2D eigenvalue weighted by Gasteiger charge is -2.31. The van der Waals surface area contributed by atoms with Gasteiger partial charge >= 0.3 is 5.97 Å². The largest absolute Gasteiger partial charge is 0.458 e. The minimum absolute atomic E-state index is 0.0910. The van der Waals surface area contributed by atoms with Gasteiger partial charge in [-0.1, -0.05) is 31.2 Å². The molecular weight excluding hydrogens is 534 g/mol. The van der Waals surface area contributed by atoms with Crippen LogP contribution in [0.1, 0.15) is 54.0 Å². The van der Waals surface area contributed by atoms with Gasteiger partial charge in [0.1, 0.15) is 6.61 Å². The van der Waals surface area contributed by atoms with Crippen molar-refractivity contribution in [3.8, 4) is 22.9 Å². The van der Waals surface area contributed by atoms with E-state index in [0.29, 0.717) is 46.1 Å². The number of ether oxygens (including phenoxy) is 3. The highest BCUT2D eigenvalue weighted by atomic mass is 16.7. The van der Waals surface area contributed by atoms with Gasteiger partial charge in [-0.2, -0.15) is 0 Å². The number of benzene rings is 2. The van der Waals surface area contributed by atoms with Crippen LogP contribution in [0.15, 0.2) is 47.3 Å². The fourth-order valence-electron chi connectivity index (χ4n) is 6.67. The van der Waals surface area contributed by atoms with Crippen LogP contribution in [-0.2, 0) is 28.3 Å². The Hall–Kier alpha value is -4.63. The highest BCUT2D eigenvalue weighted by Gasteiger charge is 2.45. The number of esters is 1. The van der Waals surface area contributed by atoms with Gasteiger partial charge in [0.15, 0.2) is 17.1 Å². The molecule has 1 saturated heterocycles. The highest BCUT2D eigenvalue weighted by molar-refractivity contribution is 5.97. The van der Waals surface area contributed by atoms with Crippen LogP contribution in [0.3, 0.4) is 0 Å². The number of carbonyl (C=O) groups excluding carboxylic acids is 1. The van der Waals surface area contributed by atoms with Crippen LogP contribution >= 0.6 is 0 Å². The molecule has 9 nitrogen and oxygen atoms in total. The Morgan fingerprint density at radius 3 is 2.62 bits per heavy atom. The number of anilines is 1. The van der Waals surface area contributed by atoms with E-state index in [0.717, 1.165) is 35.2 Å². The van der Waals surface area contributed by atoms with Gasteiger partial charge in [0, 0.05) is 41.4 Å². The third-order valence-electron chi connectivity index (χ3n) is 9.01. The quantitative estimate of drug-likeness (QED) is 0.317. The molecule has 0 saturated carbocycles. The smallest absolute Gasteiger partial charge is 0.343 e. The molecule has 9 heteroatoms. The van der Waals surface area contributed by atoms with E-state index in [2.05, 4.69) is 41.3 Å². The summed E-state index contributed by atoms with van der Waals surface area (Å²) >= 11 is 0. The van der Waals surface area contributed by atoms with Gasteiger partial charge in [-0.3, -0.25) is 4.79 Å². The number of pyridine rings is 2. The Labute approximate surface area is 241 Å². The molecule has 1 atom stereocenters. The molecule has 0 amide bonds.